The van der Waals surface area contributed by atoms with Crippen LogP contribution in [0.4, 0.5) is 0 Å². The molecule has 0 saturated carbocycles. The zero-order valence-corrected chi connectivity index (χ0v) is 9.53. The molecule has 3 nitrogen and oxygen atoms in total. The van der Waals surface area contributed by atoms with Crippen molar-refractivity contribution in [1.82, 2.24) is 4.57 Å². The highest BCUT2D eigenvalue weighted by atomic mass is 32.2. The lowest BCUT2D eigenvalue weighted by Crippen LogP contribution is -2.14. The van der Waals surface area contributed by atoms with Crippen LogP contribution in [-0.4, -0.2) is 4.57 Å². The minimum absolute atomic E-state index is 0.319. The second kappa shape index (κ2) is 3.05. The van der Waals surface area contributed by atoms with Gasteiger partial charge in [0.1, 0.15) is 5.52 Å². The van der Waals surface area contributed by atoms with Crippen LogP contribution < -0.4 is 5.76 Å². The van der Waals surface area contributed by atoms with E-state index < -0.39 is 0 Å². The van der Waals surface area contributed by atoms with Crippen molar-refractivity contribution in [3.05, 3.63) is 53.0 Å². The fourth-order valence-electron chi connectivity index (χ4n) is 2.18. The summed E-state index contributed by atoms with van der Waals surface area (Å²) in [4.78, 5) is 14.0. The van der Waals surface area contributed by atoms with E-state index in [0.717, 1.165) is 21.0 Å². The second-order valence-electron chi connectivity index (χ2n) is 3.88. The Bertz CT molecular complexity index is 801. The standard InChI is InChI=1S/C13H7NO2S/c15-13-14-8-4-1-2-6-10(8)17-11-7-3-5-9(16-13)12(11)14/h1-7H. The molecule has 0 saturated heterocycles. The fraction of sp³-hybridized carbons (Fsp3) is 0. The summed E-state index contributed by atoms with van der Waals surface area (Å²) in [6, 6.07) is 13.6. The lowest BCUT2D eigenvalue weighted by molar-refractivity contribution is 0.539. The molecule has 2 heterocycles. The number of para-hydroxylation sites is 2. The molecule has 0 radical (unpaired) electrons. The quantitative estimate of drug-likeness (QED) is 0.474. The van der Waals surface area contributed by atoms with Gasteiger partial charge in [-0.15, -0.1) is 0 Å². The Morgan fingerprint density at radius 1 is 1.00 bits per heavy atom. The number of oxazole rings is 1. The van der Waals surface area contributed by atoms with Gasteiger partial charge in [-0.3, -0.25) is 0 Å². The second-order valence-corrected chi connectivity index (χ2v) is 4.96. The molecule has 4 heteroatoms. The normalized spacial score (nSPS) is 12.7. The Balaban J connectivity index is 2.28. The third kappa shape index (κ3) is 1.10. The van der Waals surface area contributed by atoms with Crippen LogP contribution in [0.25, 0.3) is 16.8 Å². The van der Waals surface area contributed by atoms with Crippen molar-refractivity contribution < 1.29 is 4.42 Å². The van der Waals surface area contributed by atoms with E-state index in [1.54, 1.807) is 16.3 Å². The van der Waals surface area contributed by atoms with Gasteiger partial charge in [-0.25, -0.2) is 9.36 Å². The first-order chi connectivity index (χ1) is 8.34. The summed E-state index contributed by atoms with van der Waals surface area (Å²) < 4.78 is 6.91. The molecular formula is C13H7NO2S. The third-order valence-corrected chi connectivity index (χ3v) is 4.01. The Hall–Kier alpha value is -1.94. The van der Waals surface area contributed by atoms with E-state index in [4.69, 9.17) is 4.42 Å². The molecule has 82 valence electrons. The van der Waals surface area contributed by atoms with Gasteiger partial charge in [-0.05, 0) is 24.3 Å². The molecule has 2 aromatic carbocycles. The predicted molar refractivity (Wildman–Crippen MR) is 65.9 cm³/mol. The van der Waals surface area contributed by atoms with Gasteiger partial charge in [0.05, 0.1) is 5.69 Å². The van der Waals surface area contributed by atoms with Crippen molar-refractivity contribution in [3.63, 3.8) is 0 Å². The van der Waals surface area contributed by atoms with E-state index >= 15 is 0 Å². The average Bonchev–Trinajstić information content (AvgIpc) is 2.69. The molecule has 0 spiro atoms. The van der Waals surface area contributed by atoms with Gasteiger partial charge in [0, 0.05) is 9.79 Å². The van der Waals surface area contributed by atoms with Crippen molar-refractivity contribution >= 4 is 22.9 Å². The van der Waals surface area contributed by atoms with Crippen LogP contribution in [0, 0.1) is 0 Å². The van der Waals surface area contributed by atoms with Gasteiger partial charge >= 0.3 is 5.76 Å². The predicted octanol–water partition coefficient (Wildman–Crippen LogP) is 3.05. The smallest absolute Gasteiger partial charge is 0.407 e. The summed E-state index contributed by atoms with van der Waals surface area (Å²) >= 11 is 1.67. The average molecular weight is 241 g/mol. The number of aromatic nitrogens is 1. The maximum Gasteiger partial charge on any atom is 0.424 e. The summed E-state index contributed by atoms with van der Waals surface area (Å²) in [6.07, 6.45) is 0. The van der Waals surface area contributed by atoms with E-state index in [2.05, 4.69) is 0 Å². The topological polar surface area (TPSA) is 35.1 Å². The van der Waals surface area contributed by atoms with Gasteiger partial charge < -0.3 is 4.42 Å². The number of fused-ring (bicyclic) bond motifs is 2. The third-order valence-electron chi connectivity index (χ3n) is 2.89. The fourth-order valence-corrected chi connectivity index (χ4v) is 3.27. The minimum atomic E-state index is -0.319. The van der Waals surface area contributed by atoms with Crippen molar-refractivity contribution in [2.75, 3.05) is 0 Å². The molecule has 0 aliphatic carbocycles. The van der Waals surface area contributed by atoms with Crippen LogP contribution >= 0.6 is 11.8 Å². The molecule has 1 aliphatic heterocycles. The molecule has 3 aromatic rings. The summed E-state index contributed by atoms with van der Waals surface area (Å²) in [5, 5.41) is 0. The molecule has 0 fully saturated rings. The first kappa shape index (κ1) is 9.13. The van der Waals surface area contributed by atoms with E-state index in [9.17, 15) is 4.79 Å². The Kier molecular flexibility index (Phi) is 1.64. The van der Waals surface area contributed by atoms with Crippen LogP contribution in [0.3, 0.4) is 0 Å². The van der Waals surface area contributed by atoms with Crippen LogP contribution in [-0.2, 0) is 0 Å². The Labute approximate surface area is 101 Å². The molecule has 1 aromatic heterocycles. The van der Waals surface area contributed by atoms with E-state index in [1.165, 1.54) is 0 Å². The summed E-state index contributed by atoms with van der Waals surface area (Å²) in [6.45, 7) is 0. The zero-order valence-electron chi connectivity index (χ0n) is 8.71. The van der Waals surface area contributed by atoms with Gasteiger partial charge in [0.25, 0.3) is 0 Å². The zero-order chi connectivity index (χ0) is 11.4. The van der Waals surface area contributed by atoms with Crippen molar-refractivity contribution in [2.24, 2.45) is 0 Å². The maximum atomic E-state index is 11.9. The SMILES string of the molecule is O=c1oc2cccc3c2n1-c1ccccc1S3. The molecule has 0 bridgehead atoms. The van der Waals surface area contributed by atoms with Crippen LogP contribution in [0.2, 0.25) is 0 Å². The maximum absolute atomic E-state index is 11.9. The van der Waals surface area contributed by atoms with Crippen molar-refractivity contribution in [3.8, 4) is 5.69 Å². The lowest BCUT2D eigenvalue weighted by Gasteiger charge is -2.15. The number of hydrogen-bond acceptors (Lipinski definition) is 3. The highest BCUT2D eigenvalue weighted by Gasteiger charge is 2.22. The van der Waals surface area contributed by atoms with Gasteiger partial charge in [-0.1, -0.05) is 30.0 Å². The van der Waals surface area contributed by atoms with Crippen LogP contribution in [0.1, 0.15) is 0 Å². The first-order valence-electron chi connectivity index (χ1n) is 5.26. The largest absolute Gasteiger partial charge is 0.424 e. The Morgan fingerprint density at radius 2 is 1.82 bits per heavy atom. The van der Waals surface area contributed by atoms with Crippen LogP contribution in [0.5, 0.6) is 0 Å². The molecule has 0 amide bonds. The van der Waals surface area contributed by atoms with E-state index in [0.29, 0.717) is 5.58 Å². The molecule has 0 unspecified atom stereocenters. The monoisotopic (exact) mass is 241 g/mol. The minimum Gasteiger partial charge on any atom is -0.407 e. The van der Waals surface area contributed by atoms with Crippen molar-refractivity contribution in [1.29, 1.82) is 0 Å². The molecule has 4 rings (SSSR count). The number of benzene rings is 2. The number of hydrogen-bond donors (Lipinski definition) is 0. The summed E-state index contributed by atoms with van der Waals surface area (Å²) in [5.74, 6) is -0.319. The van der Waals surface area contributed by atoms with Gasteiger partial charge in [0.2, 0.25) is 0 Å². The molecule has 1 aliphatic rings. The van der Waals surface area contributed by atoms with Gasteiger partial charge in [-0.2, -0.15) is 0 Å². The Morgan fingerprint density at radius 3 is 2.76 bits per heavy atom. The van der Waals surface area contributed by atoms with Crippen LogP contribution in [0.15, 0.2) is 61.5 Å². The molecule has 0 N–H and O–H groups in total. The lowest BCUT2D eigenvalue weighted by atomic mass is 10.2. The van der Waals surface area contributed by atoms with Gasteiger partial charge in [0.15, 0.2) is 5.58 Å². The highest BCUT2D eigenvalue weighted by Crippen LogP contribution is 2.41. The number of rotatable bonds is 0. The molecular weight excluding hydrogens is 234 g/mol. The summed E-state index contributed by atoms with van der Waals surface area (Å²) in [5.41, 5.74) is 2.43. The van der Waals surface area contributed by atoms with Crippen molar-refractivity contribution in [2.45, 2.75) is 9.79 Å². The van der Waals surface area contributed by atoms with E-state index in [-0.39, 0.29) is 5.76 Å². The molecule has 17 heavy (non-hydrogen) atoms. The highest BCUT2D eigenvalue weighted by molar-refractivity contribution is 7.99. The number of nitrogens with zero attached hydrogens (tertiary/aromatic N) is 1. The summed E-state index contributed by atoms with van der Waals surface area (Å²) in [7, 11) is 0. The van der Waals surface area contributed by atoms with E-state index in [1.807, 2.05) is 42.5 Å². The molecule has 0 atom stereocenters. The first-order valence-corrected chi connectivity index (χ1v) is 6.08.